The summed E-state index contributed by atoms with van der Waals surface area (Å²) in [5.41, 5.74) is 2.38. The number of hydrogen-bond donors (Lipinski definition) is 1. The Balaban J connectivity index is 1.82. The molecule has 0 atom stereocenters. The van der Waals surface area contributed by atoms with Crippen molar-refractivity contribution in [3.05, 3.63) is 90.0 Å². The van der Waals surface area contributed by atoms with Crippen LogP contribution in [0.25, 0.3) is 16.8 Å². The largest absolute Gasteiger partial charge is 0.489 e. The van der Waals surface area contributed by atoms with Gasteiger partial charge in [-0.05, 0) is 59.2 Å². The van der Waals surface area contributed by atoms with E-state index in [0.717, 1.165) is 22.8 Å². The molecule has 1 aliphatic rings. The van der Waals surface area contributed by atoms with Crippen LogP contribution in [-0.4, -0.2) is 23.5 Å². The molecule has 1 N–H and O–H groups in total. The standard InChI is InChI=1S/C26H22N2O3S/c1-3-15-31-23-14-11-18-7-5-6-8-20(18)21(23)16-22-24(29)27-26(32)28(25(22)30)19-12-9-17(4-2)10-13-19/h3,5-14,16H,1,4,15H2,2H3,(H,27,29,32). The topological polar surface area (TPSA) is 58.6 Å². The normalized spacial score (nSPS) is 15.2. The minimum absolute atomic E-state index is 0.0158. The van der Waals surface area contributed by atoms with Crippen LogP contribution < -0.4 is 15.0 Å². The van der Waals surface area contributed by atoms with Gasteiger partial charge in [-0.1, -0.05) is 62.0 Å². The van der Waals surface area contributed by atoms with Gasteiger partial charge in [0.05, 0.1) is 5.69 Å². The zero-order valence-electron chi connectivity index (χ0n) is 17.6. The summed E-state index contributed by atoms with van der Waals surface area (Å²) < 4.78 is 5.82. The SMILES string of the molecule is C=CCOc1ccc2ccccc2c1C=C1C(=O)NC(=S)N(c2ccc(CC)cc2)C1=O. The Hall–Kier alpha value is -3.77. The van der Waals surface area contributed by atoms with E-state index in [0.29, 0.717) is 23.6 Å². The van der Waals surface area contributed by atoms with Crippen molar-refractivity contribution in [1.29, 1.82) is 0 Å². The number of aryl methyl sites for hydroxylation is 1. The zero-order valence-corrected chi connectivity index (χ0v) is 18.4. The molecule has 2 amide bonds. The molecule has 0 unspecified atom stereocenters. The molecular weight excluding hydrogens is 420 g/mol. The maximum Gasteiger partial charge on any atom is 0.270 e. The average molecular weight is 443 g/mol. The van der Waals surface area contributed by atoms with Crippen molar-refractivity contribution in [2.24, 2.45) is 0 Å². The fourth-order valence-electron chi connectivity index (χ4n) is 3.62. The number of fused-ring (bicyclic) bond motifs is 1. The van der Waals surface area contributed by atoms with E-state index in [2.05, 4.69) is 18.8 Å². The van der Waals surface area contributed by atoms with Crippen LogP contribution in [0.4, 0.5) is 5.69 Å². The number of benzene rings is 3. The minimum atomic E-state index is -0.538. The van der Waals surface area contributed by atoms with Gasteiger partial charge in [0, 0.05) is 5.56 Å². The van der Waals surface area contributed by atoms with Gasteiger partial charge in [0.25, 0.3) is 11.8 Å². The number of nitrogens with zero attached hydrogens (tertiary/aromatic N) is 1. The van der Waals surface area contributed by atoms with Gasteiger partial charge >= 0.3 is 0 Å². The van der Waals surface area contributed by atoms with E-state index in [1.54, 1.807) is 12.2 Å². The van der Waals surface area contributed by atoms with Gasteiger partial charge in [0.15, 0.2) is 5.11 Å². The van der Waals surface area contributed by atoms with Crippen LogP contribution in [0.2, 0.25) is 0 Å². The van der Waals surface area contributed by atoms with E-state index < -0.39 is 11.8 Å². The maximum atomic E-state index is 13.4. The Morgan fingerprint density at radius 3 is 2.53 bits per heavy atom. The van der Waals surface area contributed by atoms with Gasteiger partial charge in [0.1, 0.15) is 17.9 Å². The van der Waals surface area contributed by atoms with Crippen molar-refractivity contribution >= 4 is 51.7 Å². The third-order valence-corrected chi connectivity index (χ3v) is 5.57. The lowest BCUT2D eigenvalue weighted by Crippen LogP contribution is -2.54. The van der Waals surface area contributed by atoms with Gasteiger partial charge in [-0.15, -0.1) is 0 Å². The predicted octanol–water partition coefficient (Wildman–Crippen LogP) is 4.80. The minimum Gasteiger partial charge on any atom is -0.489 e. The fourth-order valence-corrected chi connectivity index (χ4v) is 3.90. The molecule has 0 aliphatic carbocycles. The summed E-state index contributed by atoms with van der Waals surface area (Å²) in [5.74, 6) is -0.460. The molecule has 6 heteroatoms. The van der Waals surface area contributed by atoms with Crippen LogP contribution in [0, 0.1) is 0 Å². The summed E-state index contributed by atoms with van der Waals surface area (Å²) >= 11 is 5.31. The highest BCUT2D eigenvalue weighted by molar-refractivity contribution is 7.80. The molecular formula is C26H22N2O3S. The molecule has 3 aromatic rings. The number of amides is 2. The van der Waals surface area contributed by atoms with Crippen LogP contribution in [-0.2, 0) is 16.0 Å². The van der Waals surface area contributed by atoms with Crippen LogP contribution in [0.1, 0.15) is 18.1 Å². The highest BCUT2D eigenvalue weighted by Crippen LogP contribution is 2.32. The van der Waals surface area contributed by atoms with Crippen LogP contribution in [0.5, 0.6) is 5.75 Å². The highest BCUT2D eigenvalue weighted by atomic mass is 32.1. The first-order valence-corrected chi connectivity index (χ1v) is 10.7. The van der Waals surface area contributed by atoms with Crippen LogP contribution >= 0.6 is 12.2 Å². The number of thiocarbonyl (C=S) groups is 1. The molecule has 0 radical (unpaired) electrons. The molecule has 0 spiro atoms. The number of anilines is 1. The third kappa shape index (κ3) is 4.05. The summed E-state index contributed by atoms with van der Waals surface area (Å²) in [6, 6.07) is 19.0. The Kier molecular flexibility index (Phi) is 6.14. The Morgan fingerprint density at radius 2 is 1.81 bits per heavy atom. The number of carbonyl (C=O) groups excluding carboxylic acids is 2. The Morgan fingerprint density at radius 1 is 1.06 bits per heavy atom. The second-order valence-corrected chi connectivity index (χ2v) is 7.66. The van der Waals surface area contributed by atoms with Crippen molar-refractivity contribution in [1.82, 2.24) is 5.32 Å². The lowest BCUT2D eigenvalue weighted by molar-refractivity contribution is -0.122. The number of carbonyl (C=O) groups is 2. The van der Waals surface area contributed by atoms with Gasteiger partial charge in [0.2, 0.25) is 0 Å². The average Bonchev–Trinajstić information content (AvgIpc) is 2.81. The first kappa shape index (κ1) is 21.5. The molecule has 0 saturated carbocycles. The van der Waals surface area contributed by atoms with E-state index in [4.69, 9.17) is 17.0 Å². The zero-order chi connectivity index (χ0) is 22.7. The molecule has 3 aromatic carbocycles. The molecule has 32 heavy (non-hydrogen) atoms. The van der Waals surface area contributed by atoms with E-state index in [9.17, 15) is 9.59 Å². The molecule has 0 aromatic heterocycles. The molecule has 5 nitrogen and oxygen atoms in total. The lowest BCUT2D eigenvalue weighted by atomic mass is 9.99. The molecule has 1 heterocycles. The first-order chi connectivity index (χ1) is 15.5. The quantitative estimate of drug-likeness (QED) is 0.258. The summed E-state index contributed by atoms with van der Waals surface area (Å²) in [4.78, 5) is 27.6. The van der Waals surface area contributed by atoms with E-state index in [1.807, 2.05) is 60.7 Å². The van der Waals surface area contributed by atoms with E-state index in [1.165, 1.54) is 4.90 Å². The molecule has 4 rings (SSSR count). The van der Waals surface area contributed by atoms with Crippen molar-refractivity contribution < 1.29 is 14.3 Å². The predicted molar refractivity (Wildman–Crippen MR) is 132 cm³/mol. The summed E-state index contributed by atoms with van der Waals surface area (Å²) in [6.45, 7) is 6.05. The summed E-state index contributed by atoms with van der Waals surface area (Å²) in [7, 11) is 0. The Bertz CT molecular complexity index is 1260. The molecule has 1 saturated heterocycles. The third-order valence-electron chi connectivity index (χ3n) is 5.28. The van der Waals surface area contributed by atoms with Gasteiger partial charge in [-0.3, -0.25) is 19.8 Å². The summed E-state index contributed by atoms with van der Waals surface area (Å²) in [5, 5.41) is 4.54. The van der Waals surface area contributed by atoms with Crippen LogP contribution in [0.3, 0.4) is 0 Å². The monoisotopic (exact) mass is 442 g/mol. The fraction of sp³-hybridized carbons (Fsp3) is 0.115. The number of rotatable bonds is 6. The molecule has 1 fully saturated rings. The maximum absolute atomic E-state index is 13.4. The highest BCUT2D eigenvalue weighted by Gasteiger charge is 2.34. The van der Waals surface area contributed by atoms with Gasteiger partial charge in [-0.25, -0.2) is 0 Å². The smallest absolute Gasteiger partial charge is 0.270 e. The van der Waals surface area contributed by atoms with Crippen molar-refractivity contribution in [2.45, 2.75) is 13.3 Å². The second kappa shape index (κ2) is 9.16. The lowest BCUT2D eigenvalue weighted by Gasteiger charge is -2.29. The number of hydrogen-bond acceptors (Lipinski definition) is 4. The summed E-state index contributed by atoms with van der Waals surface area (Å²) in [6.07, 6.45) is 4.10. The molecule has 160 valence electrons. The van der Waals surface area contributed by atoms with Crippen molar-refractivity contribution in [2.75, 3.05) is 11.5 Å². The number of ether oxygens (including phenoxy) is 1. The number of nitrogens with one attached hydrogen (secondary N) is 1. The van der Waals surface area contributed by atoms with Crippen molar-refractivity contribution in [3.8, 4) is 5.75 Å². The molecule has 1 aliphatic heterocycles. The van der Waals surface area contributed by atoms with Crippen LogP contribution in [0.15, 0.2) is 78.9 Å². The Labute approximate surface area is 192 Å². The van der Waals surface area contributed by atoms with Gasteiger partial charge < -0.3 is 4.74 Å². The van der Waals surface area contributed by atoms with Gasteiger partial charge in [-0.2, -0.15) is 0 Å². The first-order valence-electron chi connectivity index (χ1n) is 10.3. The second-order valence-electron chi connectivity index (χ2n) is 7.28. The molecule has 0 bridgehead atoms. The van der Waals surface area contributed by atoms with E-state index in [-0.39, 0.29) is 10.7 Å². The van der Waals surface area contributed by atoms with Crippen molar-refractivity contribution in [3.63, 3.8) is 0 Å². The van der Waals surface area contributed by atoms with E-state index >= 15 is 0 Å².